The van der Waals surface area contributed by atoms with Crippen molar-refractivity contribution in [2.75, 3.05) is 38.2 Å². The average molecular weight is 251 g/mol. The molecule has 0 bridgehead atoms. The molecule has 1 aliphatic rings. The highest BCUT2D eigenvalue weighted by atomic mass is 19.1. The second-order valence-corrected chi connectivity index (χ2v) is 4.26. The number of piperazine rings is 1. The molecule has 1 aromatic carbocycles. The first kappa shape index (κ1) is 12.8. The lowest BCUT2D eigenvalue weighted by molar-refractivity contribution is 0.213. The van der Waals surface area contributed by atoms with Gasteiger partial charge in [0.25, 0.3) is 0 Å². The Labute approximate surface area is 106 Å². The minimum absolute atomic E-state index is 0.189. The van der Waals surface area contributed by atoms with Gasteiger partial charge in [0.15, 0.2) is 0 Å². The Bertz CT molecular complexity index is 442. The molecule has 1 saturated heterocycles. The molecule has 0 aromatic heterocycles. The normalized spacial score (nSPS) is 16.8. The van der Waals surface area contributed by atoms with Gasteiger partial charge in [-0.1, -0.05) is 5.16 Å². The highest BCUT2D eigenvalue weighted by Crippen LogP contribution is 2.22. The van der Waals surface area contributed by atoms with Crippen LogP contribution in [0.1, 0.15) is 12.5 Å². The number of anilines is 1. The third-order valence-electron chi connectivity index (χ3n) is 3.05. The van der Waals surface area contributed by atoms with Gasteiger partial charge >= 0.3 is 0 Å². The molecule has 18 heavy (non-hydrogen) atoms. The van der Waals surface area contributed by atoms with Crippen LogP contribution in [0.4, 0.5) is 10.1 Å². The summed E-state index contributed by atoms with van der Waals surface area (Å²) in [6.45, 7) is 5.25. The molecule has 1 aliphatic heterocycles. The SMILES string of the molecule is CON=C(C)c1ccc(F)c(N2CCNCC2)c1. The van der Waals surface area contributed by atoms with E-state index < -0.39 is 0 Å². The molecule has 2 rings (SSSR count). The molecule has 98 valence electrons. The zero-order valence-electron chi connectivity index (χ0n) is 10.7. The molecule has 1 aromatic rings. The Morgan fingerprint density at radius 3 is 2.78 bits per heavy atom. The van der Waals surface area contributed by atoms with Gasteiger partial charge in [0.05, 0.1) is 11.4 Å². The number of oxime groups is 1. The van der Waals surface area contributed by atoms with E-state index in [9.17, 15) is 4.39 Å². The van der Waals surface area contributed by atoms with Crippen LogP contribution < -0.4 is 10.2 Å². The van der Waals surface area contributed by atoms with Crippen LogP contribution in [0.5, 0.6) is 0 Å². The number of halogens is 1. The van der Waals surface area contributed by atoms with Crippen molar-refractivity contribution in [3.8, 4) is 0 Å². The first-order chi connectivity index (χ1) is 8.72. The summed E-state index contributed by atoms with van der Waals surface area (Å²) in [5.41, 5.74) is 2.26. The van der Waals surface area contributed by atoms with E-state index in [0.717, 1.165) is 37.5 Å². The Morgan fingerprint density at radius 2 is 2.11 bits per heavy atom. The lowest BCUT2D eigenvalue weighted by Crippen LogP contribution is -2.43. The molecular weight excluding hydrogens is 233 g/mol. The summed E-state index contributed by atoms with van der Waals surface area (Å²) in [6, 6.07) is 5.04. The molecular formula is C13H18FN3O. The zero-order chi connectivity index (χ0) is 13.0. The lowest BCUT2D eigenvalue weighted by Gasteiger charge is -2.30. The summed E-state index contributed by atoms with van der Waals surface area (Å²) < 4.78 is 13.9. The lowest BCUT2D eigenvalue weighted by atomic mass is 10.1. The molecule has 1 fully saturated rings. The molecule has 0 aliphatic carbocycles. The van der Waals surface area contributed by atoms with Gasteiger partial charge in [-0.15, -0.1) is 0 Å². The Morgan fingerprint density at radius 1 is 1.39 bits per heavy atom. The van der Waals surface area contributed by atoms with Crippen molar-refractivity contribution in [3.05, 3.63) is 29.6 Å². The van der Waals surface area contributed by atoms with Crippen molar-refractivity contribution in [2.45, 2.75) is 6.92 Å². The summed E-state index contributed by atoms with van der Waals surface area (Å²) in [5, 5.41) is 7.13. The fraction of sp³-hybridized carbons (Fsp3) is 0.462. The van der Waals surface area contributed by atoms with E-state index in [1.54, 1.807) is 6.07 Å². The van der Waals surface area contributed by atoms with Gasteiger partial charge in [0.2, 0.25) is 0 Å². The number of benzene rings is 1. The predicted octanol–water partition coefficient (Wildman–Crippen LogP) is 1.61. The van der Waals surface area contributed by atoms with Crippen molar-refractivity contribution in [3.63, 3.8) is 0 Å². The van der Waals surface area contributed by atoms with Crippen LogP contribution in [-0.4, -0.2) is 39.0 Å². The van der Waals surface area contributed by atoms with Gasteiger partial charge in [-0.25, -0.2) is 4.39 Å². The first-order valence-corrected chi connectivity index (χ1v) is 6.05. The fourth-order valence-electron chi connectivity index (χ4n) is 2.08. The summed E-state index contributed by atoms with van der Waals surface area (Å²) in [4.78, 5) is 6.80. The Kier molecular flexibility index (Phi) is 4.15. The van der Waals surface area contributed by atoms with Gasteiger partial charge in [0.1, 0.15) is 12.9 Å². The maximum atomic E-state index is 13.9. The molecule has 4 nitrogen and oxygen atoms in total. The number of nitrogens with zero attached hydrogens (tertiary/aromatic N) is 2. The van der Waals surface area contributed by atoms with Gasteiger partial charge < -0.3 is 15.1 Å². The van der Waals surface area contributed by atoms with E-state index in [1.807, 2.05) is 13.0 Å². The van der Waals surface area contributed by atoms with E-state index in [0.29, 0.717) is 5.69 Å². The molecule has 1 heterocycles. The van der Waals surface area contributed by atoms with Crippen LogP contribution >= 0.6 is 0 Å². The molecule has 0 spiro atoms. The zero-order valence-corrected chi connectivity index (χ0v) is 10.7. The molecule has 0 atom stereocenters. The highest BCUT2D eigenvalue weighted by molar-refractivity contribution is 5.99. The van der Waals surface area contributed by atoms with Crippen LogP contribution in [0, 0.1) is 5.82 Å². The first-order valence-electron chi connectivity index (χ1n) is 6.05. The predicted molar refractivity (Wildman–Crippen MR) is 70.7 cm³/mol. The quantitative estimate of drug-likeness (QED) is 0.655. The molecule has 0 saturated carbocycles. The third-order valence-corrected chi connectivity index (χ3v) is 3.05. The Balaban J connectivity index is 2.28. The summed E-state index contributed by atoms with van der Waals surface area (Å²) in [7, 11) is 1.50. The van der Waals surface area contributed by atoms with Crippen molar-refractivity contribution in [1.29, 1.82) is 0 Å². The topological polar surface area (TPSA) is 36.9 Å². The highest BCUT2D eigenvalue weighted by Gasteiger charge is 2.15. The van der Waals surface area contributed by atoms with Crippen molar-refractivity contribution < 1.29 is 9.23 Å². The maximum Gasteiger partial charge on any atom is 0.146 e. The van der Waals surface area contributed by atoms with Crippen molar-refractivity contribution in [1.82, 2.24) is 5.32 Å². The van der Waals surface area contributed by atoms with Gasteiger partial charge in [-0.2, -0.15) is 0 Å². The fourth-order valence-corrected chi connectivity index (χ4v) is 2.08. The Hall–Kier alpha value is -1.62. The smallest absolute Gasteiger partial charge is 0.146 e. The van der Waals surface area contributed by atoms with Crippen LogP contribution in [0.3, 0.4) is 0 Å². The van der Waals surface area contributed by atoms with Crippen LogP contribution in [-0.2, 0) is 4.84 Å². The maximum absolute atomic E-state index is 13.9. The monoisotopic (exact) mass is 251 g/mol. The summed E-state index contributed by atoms with van der Waals surface area (Å²) in [6.07, 6.45) is 0. The van der Waals surface area contributed by atoms with E-state index >= 15 is 0 Å². The number of nitrogens with one attached hydrogen (secondary N) is 1. The minimum atomic E-state index is -0.189. The summed E-state index contributed by atoms with van der Waals surface area (Å²) >= 11 is 0. The average Bonchev–Trinajstić information content (AvgIpc) is 2.40. The number of hydrogen-bond acceptors (Lipinski definition) is 4. The third kappa shape index (κ3) is 2.79. The number of rotatable bonds is 3. The molecule has 0 unspecified atom stereocenters. The van der Waals surface area contributed by atoms with E-state index in [-0.39, 0.29) is 5.82 Å². The van der Waals surface area contributed by atoms with E-state index in [4.69, 9.17) is 4.84 Å². The molecule has 0 radical (unpaired) electrons. The number of hydrogen-bond donors (Lipinski definition) is 1. The largest absolute Gasteiger partial charge is 0.399 e. The van der Waals surface area contributed by atoms with Gasteiger partial charge in [-0.3, -0.25) is 0 Å². The van der Waals surface area contributed by atoms with Crippen LogP contribution in [0.2, 0.25) is 0 Å². The van der Waals surface area contributed by atoms with Gasteiger partial charge in [0, 0.05) is 31.7 Å². The van der Waals surface area contributed by atoms with Crippen molar-refractivity contribution >= 4 is 11.4 Å². The van der Waals surface area contributed by atoms with Crippen LogP contribution in [0.15, 0.2) is 23.4 Å². The molecule has 0 amide bonds. The molecule has 5 heteroatoms. The van der Waals surface area contributed by atoms with E-state index in [2.05, 4.69) is 15.4 Å². The van der Waals surface area contributed by atoms with Crippen molar-refractivity contribution in [2.24, 2.45) is 5.16 Å². The minimum Gasteiger partial charge on any atom is -0.399 e. The van der Waals surface area contributed by atoms with E-state index in [1.165, 1.54) is 13.2 Å². The summed E-state index contributed by atoms with van der Waals surface area (Å²) in [5.74, 6) is -0.189. The van der Waals surface area contributed by atoms with Crippen LogP contribution in [0.25, 0.3) is 0 Å². The second kappa shape index (κ2) is 5.82. The van der Waals surface area contributed by atoms with Gasteiger partial charge in [-0.05, 0) is 25.1 Å². The standard InChI is InChI=1S/C13H18FN3O/c1-10(16-18-2)11-3-4-12(14)13(9-11)17-7-5-15-6-8-17/h3-4,9,15H,5-8H2,1-2H3. The molecule has 1 N–H and O–H groups in total. The second-order valence-electron chi connectivity index (χ2n) is 4.26.